The van der Waals surface area contributed by atoms with Gasteiger partial charge in [-0.05, 0) is 18.7 Å². The molecule has 0 aliphatic carbocycles. The van der Waals surface area contributed by atoms with Crippen LogP contribution in [-0.2, 0) is 13.2 Å². The second-order valence-electron chi connectivity index (χ2n) is 3.12. The van der Waals surface area contributed by atoms with Gasteiger partial charge in [0.25, 0.3) is 0 Å². The summed E-state index contributed by atoms with van der Waals surface area (Å²) in [6.45, 7) is 4.32. The molecule has 0 amide bonds. The number of aliphatic hydroxyl groups excluding tert-OH is 2. The first-order valence-electron chi connectivity index (χ1n) is 4.81. The summed E-state index contributed by atoms with van der Waals surface area (Å²) in [7, 11) is 0. The number of nitrogens with zero attached hydrogens (tertiary/aromatic N) is 1. The van der Waals surface area contributed by atoms with E-state index in [1.807, 2.05) is 13.0 Å². The Labute approximate surface area is 83.8 Å². The predicted molar refractivity (Wildman–Crippen MR) is 52.7 cm³/mol. The van der Waals surface area contributed by atoms with Crippen LogP contribution in [0.25, 0.3) is 0 Å². The van der Waals surface area contributed by atoms with Gasteiger partial charge in [-0.25, -0.2) is 0 Å². The van der Waals surface area contributed by atoms with Crippen molar-refractivity contribution in [1.29, 1.82) is 0 Å². The topological polar surface area (TPSA) is 56.8 Å². The van der Waals surface area contributed by atoms with Crippen molar-refractivity contribution in [3.8, 4) is 0 Å². The van der Waals surface area contributed by atoms with Gasteiger partial charge < -0.3 is 14.6 Å². The first-order chi connectivity index (χ1) is 6.80. The summed E-state index contributed by atoms with van der Waals surface area (Å²) in [5.74, 6) is 1.41. The maximum Gasteiger partial charge on any atom is 0.129 e. The predicted octanol–water partition coefficient (Wildman–Crippen LogP) is 0.586. The number of furan rings is 1. The molecule has 1 heterocycles. The largest absolute Gasteiger partial charge is 0.462 e. The van der Waals surface area contributed by atoms with E-state index in [9.17, 15) is 0 Å². The lowest BCUT2D eigenvalue weighted by Crippen LogP contribution is -2.25. The van der Waals surface area contributed by atoms with E-state index in [2.05, 4.69) is 4.90 Å². The van der Waals surface area contributed by atoms with Crippen LogP contribution in [0.15, 0.2) is 16.5 Å². The highest BCUT2D eigenvalue weighted by Crippen LogP contribution is 2.10. The Bertz CT molecular complexity index is 260. The normalized spacial score (nSPS) is 11.1. The van der Waals surface area contributed by atoms with Crippen LogP contribution in [0.1, 0.15) is 18.4 Å². The number of hydrogen-bond acceptors (Lipinski definition) is 4. The monoisotopic (exact) mass is 199 g/mol. The minimum absolute atomic E-state index is 0.0634. The van der Waals surface area contributed by atoms with Crippen molar-refractivity contribution in [2.75, 3.05) is 19.7 Å². The number of likely N-dealkylation sites (N-methyl/N-ethyl adjacent to an activating group) is 1. The lowest BCUT2D eigenvalue weighted by molar-refractivity contribution is 0.182. The lowest BCUT2D eigenvalue weighted by atomic mass is 10.4. The Morgan fingerprint density at radius 2 is 2.00 bits per heavy atom. The van der Waals surface area contributed by atoms with Crippen LogP contribution in [-0.4, -0.2) is 34.8 Å². The molecular formula is C10H17NO3. The van der Waals surface area contributed by atoms with Gasteiger partial charge in [-0.1, -0.05) is 6.92 Å². The van der Waals surface area contributed by atoms with E-state index in [0.29, 0.717) is 18.8 Å². The van der Waals surface area contributed by atoms with Gasteiger partial charge in [0.05, 0.1) is 13.2 Å². The molecule has 0 aliphatic heterocycles. The smallest absolute Gasteiger partial charge is 0.129 e. The molecule has 0 atom stereocenters. The van der Waals surface area contributed by atoms with E-state index in [-0.39, 0.29) is 13.2 Å². The van der Waals surface area contributed by atoms with Crippen LogP contribution < -0.4 is 0 Å². The highest BCUT2D eigenvalue weighted by atomic mass is 16.4. The maximum atomic E-state index is 8.80. The van der Waals surface area contributed by atoms with Crippen LogP contribution in [0.4, 0.5) is 0 Å². The molecule has 4 nitrogen and oxygen atoms in total. The zero-order valence-electron chi connectivity index (χ0n) is 8.44. The van der Waals surface area contributed by atoms with E-state index in [0.717, 1.165) is 12.3 Å². The van der Waals surface area contributed by atoms with E-state index in [1.54, 1.807) is 6.07 Å². The van der Waals surface area contributed by atoms with Crippen molar-refractivity contribution in [2.45, 2.75) is 20.1 Å². The van der Waals surface area contributed by atoms with Crippen LogP contribution in [0, 0.1) is 0 Å². The highest BCUT2D eigenvalue weighted by Gasteiger charge is 2.06. The first kappa shape index (κ1) is 11.2. The molecule has 0 spiro atoms. The molecule has 0 aliphatic rings. The van der Waals surface area contributed by atoms with Gasteiger partial charge in [-0.15, -0.1) is 0 Å². The third-order valence-corrected chi connectivity index (χ3v) is 2.12. The first-order valence-corrected chi connectivity index (χ1v) is 4.81. The van der Waals surface area contributed by atoms with Gasteiger partial charge in [0.1, 0.15) is 18.1 Å². The van der Waals surface area contributed by atoms with Crippen LogP contribution in [0.5, 0.6) is 0 Å². The second-order valence-corrected chi connectivity index (χ2v) is 3.12. The van der Waals surface area contributed by atoms with Gasteiger partial charge in [0.2, 0.25) is 0 Å². The van der Waals surface area contributed by atoms with Crippen LogP contribution in [0.2, 0.25) is 0 Å². The molecule has 1 rings (SSSR count). The maximum absolute atomic E-state index is 8.80. The molecule has 0 aromatic carbocycles. The quantitative estimate of drug-likeness (QED) is 0.704. The number of aliphatic hydroxyl groups is 2. The summed E-state index contributed by atoms with van der Waals surface area (Å²) >= 11 is 0. The van der Waals surface area contributed by atoms with E-state index >= 15 is 0 Å². The van der Waals surface area contributed by atoms with Crippen molar-refractivity contribution in [3.05, 3.63) is 23.7 Å². The Morgan fingerprint density at radius 3 is 2.50 bits per heavy atom. The molecule has 0 radical (unpaired) electrons. The number of rotatable bonds is 6. The summed E-state index contributed by atoms with van der Waals surface area (Å²) in [5, 5.41) is 17.6. The molecule has 4 heteroatoms. The molecule has 1 aromatic rings. The molecular weight excluding hydrogens is 182 g/mol. The van der Waals surface area contributed by atoms with Crippen molar-refractivity contribution >= 4 is 0 Å². The van der Waals surface area contributed by atoms with Crippen molar-refractivity contribution in [3.63, 3.8) is 0 Å². The summed E-state index contributed by atoms with van der Waals surface area (Å²) in [6.07, 6.45) is 0. The Balaban J connectivity index is 2.48. The van der Waals surface area contributed by atoms with Crippen molar-refractivity contribution in [2.24, 2.45) is 0 Å². The molecule has 14 heavy (non-hydrogen) atoms. The minimum atomic E-state index is -0.0634. The molecule has 0 bridgehead atoms. The zero-order chi connectivity index (χ0) is 10.4. The third kappa shape index (κ3) is 3.14. The van der Waals surface area contributed by atoms with Crippen molar-refractivity contribution < 1.29 is 14.6 Å². The number of hydrogen-bond donors (Lipinski definition) is 2. The average Bonchev–Trinajstić information content (AvgIpc) is 2.65. The fourth-order valence-corrected chi connectivity index (χ4v) is 1.30. The van der Waals surface area contributed by atoms with Crippen molar-refractivity contribution in [1.82, 2.24) is 4.90 Å². The lowest BCUT2D eigenvalue weighted by Gasteiger charge is -2.17. The Morgan fingerprint density at radius 1 is 1.29 bits per heavy atom. The van der Waals surface area contributed by atoms with Gasteiger partial charge in [-0.3, -0.25) is 4.90 Å². The molecule has 0 fully saturated rings. The Kier molecular flexibility index (Phi) is 4.65. The van der Waals surface area contributed by atoms with Crippen LogP contribution in [0.3, 0.4) is 0 Å². The summed E-state index contributed by atoms with van der Waals surface area (Å²) in [5.41, 5.74) is 0. The minimum Gasteiger partial charge on any atom is -0.462 e. The fourth-order valence-electron chi connectivity index (χ4n) is 1.30. The fraction of sp³-hybridized carbons (Fsp3) is 0.600. The summed E-state index contributed by atoms with van der Waals surface area (Å²) in [6, 6.07) is 3.62. The molecule has 0 saturated carbocycles. The second kappa shape index (κ2) is 5.80. The zero-order valence-corrected chi connectivity index (χ0v) is 8.44. The third-order valence-electron chi connectivity index (χ3n) is 2.12. The van der Waals surface area contributed by atoms with Gasteiger partial charge in [-0.2, -0.15) is 0 Å². The Hall–Kier alpha value is -0.840. The molecule has 1 aromatic heterocycles. The van der Waals surface area contributed by atoms with Gasteiger partial charge in [0, 0.05) is 6.54 Å². The highest BCUT2D eigenvalue weighted by molar-refractivity contribution is 5.06. The van der Waals surface area contributed by atoms with E-state index in [4.69, 9.17) is 14.6 Å². The van der Waals surface area contributed by atoms with E-state index < -0.39 is 0 Å². The van der Waals surface area contributed by atoms with Gasteiger partial charge >= 0.3 is 0 Å². The average molecular weight is 199 g/mol. The molecule has 0 unspecified atom stereocenters. The summed E-state index contributed by atoms with van der Waals surface area (Å²) in [4.78, 5) is 2.07. The summed E-state index contributed by atoms with van der Waals surface area (Å²) < 4.78 is 5.34. The van der Waals surface area contributed by atoms with Gasteiger partial charge in [0.15, 0.2) is 0 Å². The van der Waals surface area contributed by atoms with E-state index in [1.165, 1.54) is 0 Å². The SMILES string of the molecule is CCN(CCO)Cc1ccc(CO)o1. The standard InChI is InChI=1S/C10H17NO3/c1-2-11(5-6-12)7-9-3-4-10(8-13)14-9/h3-4,12-13H,2,5-8H2,1H3. The molecule has 0 saturated heterocycles. The molecule has 80 valence electrons. The van der Waals surface area contributed by atoms with Crippen LogP contribution >= 0.6 is 0 Å². The molecule has 2 N–H and O–H groups in total.